The third-order valence-corrected chi connectivity index (χ3v) is 3.09. The van der Waals surface area contributed by atoms with Crippen LogP contribution in [-0.4, -0.2) is 49.5 Å². The van der Waals surface area contributed by atoms with Gasteiger partial charge in [-0.3, -0.25) is 0 Å². The molecule has 2 nitrogen and oxygen atoms in total. The Morgan fingerprint density at radius 3 is 1.50 bits per heavy atom. The number of hydrogen-bond donors (Lipinski definition) is 0. The molecule has 0 unspecified atom stereocenters. The smallest absolute Gasteiger partial charge is 0.150 e. The maximum Gasteiger partial charge on any atom is 0.150 e. The van der Waals surface area contributed by atoms with Gasteiger partial charge in [0, 0.05) is 41.1 Å². The maximum atomic E-state index is 10.8. The largest absolute Gasteiger partial charge is 0.229 e. The molecule has 0 N–H and O–H groups in total. The molecule has 0 heterocycles. The zero-order chi connectivity index (χ0) is 7.33. The van der Waals surface area contributed by atoms with E-state index in [0.29, 0.717) is 11.5 Å². The minimum Gasteiger partial charge on any atom is -0.229 e. The van der Waals surface area contributed by atoms with E-state index in [1.165, 1.54) is 0 Å². The van der Waals surface area contributed by atoms with Crippen LogP contribution in [0.15, 0.2) is 0 Å². The molecule has 0 rings (SSSR count). The van der Waals surface area contributed by atoms with Crippen LogP contribution in [0.25, 0.3) is 0 Å². The Morgan fingerprint density at radius 2 is 1.30 bits per heavy atom. The zero-order valence-electron chi connectivity index (χ0n) is 7.05. The predicted octanol–water partition coefficient (Wildman–Crippen LogP) is 0.840. The van der Waals surface area contributed by atoms with Crippen molar-refractivity contribution in [1.29, 1.82) is 0 Å². The van der Waals surface area contributed by atoms with Gasteiger partial charge in [0.15, 0.2) is 0 Å². The monoisotopic (exact) mass is 173 g/mol. The van der Waals surface area contributed by atoms with Crippen molar-refractivity contribution in [2.75, 3.05) is 11.5 Å². The van der Waals surface area contributed by atoms with E-state index in [1.54, 1.807) is 0 Å². The van der Waals surface area contributed by atoms with Crippen molar-refractivity contribution >= 4 is 39.4 Å². The van der Waals surface area contributed by atoms with Crippen LogP contribution in [-0.2, 0) is 9.84 Å². The molecule has 0 spiro atoms. The second-order valence-electron chi connectivity index (χ2n) is 2.15. The summed E-state index contributed by atoms with van der Waals surface area (Å²) < 4.78 is 21.7. The molecule has 0 aliphatic heterocycles. The zero-order valence-corrected chi connectivity index (χ0v) is 9.87. The fourth-order valence-electron chi connectivity index (χ4n) is 0.724. The van der Waals surface area contributed by atoms with Gasteiger partial charge in [-0.1, -0.05) is 13.8 Å². The Labute approximate surface area is 85.6 Å². The molecule has 0 bridgehead atoms. The minimum atomic E-state index is -2.68. The Morgan fingerprint density at radius 1 is 1.00 bits per heavy atom. The standard InChI is InChI=1S/C6H14O2S.Na/c1-3-5-9(7,8)6-4-2;/h3-6H2,1-2H3;. The summed E-state index contributed by atoms with van der Waals surface area (Å²) in [5, 5.41) is 0. The van der Waals surface area contributed by atoms with E-state index < -0.39 is 9.84 Å². The van der Waals surface area contributed by atoms with Crippen LogP contribution in [0.2, 0.25) is 0 Å². The molecule has 0 aromatic carbocycles. The van der Waals surface area contributed by atoms with E-state index in [1.807, 2.05) is 13.8 Å². The molecule has 0 amide bonds. The quantitative estimate of drug-likeness (QED) is 0.590. The summed E-state index contributed by atoms with van der Waals surface area (Å²) >= 11 is 0. The van der Waals surface area contributed by atoms with Gasteiger partial charge in [0.05, 0.1) is 0 Å². The fourth-order valence-corrected chi connectivity index (χ4v) is 2.17. The van der Waals surface area contributed by atoms with Crippen molar-refractivity contribution < 1.29 is 8.42 Å². The van der Waals surface area contributed by atoms with E-state index in [0.717, 1.165) is 12.8 Å². The molecular weight excluding hydrogens is 159 g/mol. The molecule has 4 heteroatoms. The summed E-state index contributed by atoms with van der Waals surface area (Å²) in [6, 6.07) is 0. The summed E-state index contributed by atoms with van der Waals surface area (Å²) in [5.74, 6) is 0.696. The average Bonchev–Trinajstić information content (AvgIpc) is 1.64. The van der Waals surface area contributed by atoms with E-state index in [-0.39, 0.29) is 29.6 Å². The van der Waals surface area contributed by atoms with E-state index in [4.69, 9.17) is 0 Å². The first-order valence-corrected chi connectivity index (χ1v) is 5.15. The van der Waals surface area contributed by atoms with Crippen molar-refractivity contribution in [3.05, 3.63) is 0 Å². The van der Waals surface area contributed by atoms with Crippen molar-refractivity contribution in [2.45, 2.75) is 26.7 Å². The molecule has 0 aliphatic carbocycles. The second-order valence-corrected chi connectivity index (χ2v) is 4.46. The molecule has 10 heavy (non-hydrogen) atoms. The molecule has 1 radical (unpaired) electrons. The predicted molar refractivity (Wildman–Crippen MR) is 45.0 cm³/mol. The van der Waals surface area contributed by atoms with Gasteiger partial charge in [0.1, 0.15) is 9.84 Å². The van der Waals surface area contributed by atoms with Crippen molar-refractivity contribution in [3.8, 4) is 0 Å². The third-order valence-electron chi connectivity index (χ3n) is 1.03. The van der Waals surface area contributed by atoms with Gasteiger partial charge in [-0.2, -0.15) is 0 Å². The van der Waals surface area contributed by atoms with Crippen molar-refractivity contribution in [1.82, 2.24) is 0 Å². The van der Waals surface area contributed by atoms with Gasteiger partial charge in [-0.05, 0) is 12.8 Å². The minimum absolute atomic E-state index is 0. The number of sulfone groups is 1. The van der Waals surface area contributed by atoms with E-state index in [2.05, 4.69) is 0 Å². The van der Waals surface area contributed by atoms with Crippen LogP contribution in [0.3, 0.4) is 0 Å². The van der Waals surface area contributed by atoms with Gasteiger partial charge < -0.3 is 0 Å². The molecule has 0 saturated carbocycles. The first-order valence-electron chi connectivity index (χ1n) is 3.32. The molecule has 0 aliphatic rings. The van der Waals surface area contributed by atoms with Crippen molar-refractivity contribution in [3.63, 3.8) is 0 Å². The van der Waals surface area contributed by atoms with Crippen LogP contribution < -0.4 is 0 Å². The first-order chi connectivity index (χ1) is 4.12. The SMILES string of the molecule is CCCS(=O)(=O)CCC.[Na]. The summed E-state index contributed by atoms with van der Waals surface area (Å²) in [6.07, 6.45) is 1.48. The number of rotatable bonds is 4. The third kappa shape index (κ3) is 7.06. The fraction of sp³-hybridized carbons (Fsp3) is 1.00. The molecule has 57 valence electrons. The van der Waals surface area contributed by atoms with Gasteiger partial charge in [0.25, 0.3) is 0 Å². The van der Waals surface area contributed by atoms with Crippen LogP contribution in [0.1, 0.15) is 26.7 Å². The number of hydrogen-bond acceptors (Lipinski definition) is 2. The Balaban J connectivity index is 0. The van der Waals surface area contributed by atoms with Gasteiger partial charge in [-0.15, -0.1) is 0 Å². The topological polar surface area (TPSA) is 34.1 Å². The molecular formula is C6H14NaO2S. The second kappa shape index (κ2) is 6.65. The summed E-state index contributed by atoms with van der Waals surface area (Å²) in [7, 11) is -2.68. The molecule has 0 fully saturated rings. The van der Waals surface area contributed by atoms with Gasteiger partial charge in [0.2, 0.25) is 0 Å². The van der Waals surface area contributed by atoms with E-state index in [9.17, 15) is 8.42 Å². The molecule has 0 saturated heterocycles. The molecule has 0 atom stereocenters. The maximum absolute atomic E-state index is 10.8. The Hall–Kier alpha value is 0.950. The van der Waals surface area contributed by atoms with Crippen LogP contribution >= 0.6 is 0 Å². The molecule has 0 aromatic heterocycles. The van der Waals surface area contributed by atoms with Crippen molar-refractivity contribution in [2.24, 2.45) is 0 Å². The molecule has 0 aromatic rings. The Kier molecular flexibility index (Phi) is 9.00. The average molecular weight is 173 g/mol. The van der Waals surface area contributed by atoms with Crippen LogP contribution in [0, 0.1) is 0 Å². The van der Waals surface area contributed by atoms with E-state index >= 15 is 0 Å². The first kappa shape index (κ1) is 13.5. The summed E-state index contributed by atoms with van der Waals surface area (Å²) in [6.45, 7) is 3.76. The van der Waals surface area contributed by atoms with Crippen LogP contribution in [0.5, 0.6) is 0 Å². The summed E-state index contributed by atoms with van der Waals surface area (Å²) in [5.41, 5.74) is 0. The normalized spacial score (nSPS) is 10.6. The van der Waals surface area contributed by atoms with Crippen LogP contribution in [0.4, 0.5) is 0 Å². The van der Waals surface area contributed by atoms with Gasteiger partial charge in [-0.25, -0.2) is 8.42 Å². The Bertz CT molecular complexity index is 139. The van der Waals surface area contributed by atoms with Gasteiger partial charge >= 0.3 is 0 Å². The summed E-state index contributed by atoms with van der Waals surface area (Å²) in [4.78, 5) is 0.